The SMILES string of the molecule is CCc1cc(CN2CCC(N3CCC[C@@H](C(=O)NCCOC)C3)CC2)on1. The number of ether oxygens (including phenoxy) is 1. The minimum Gasteiger partial charge on any atom is -0.383 e. The highest BCUT2D eigenvalue weighted by atomic mass is 16.5. The van der Waals surface area contributed by atoms with Crippen LogP contribution in [-0.4, -0.2) is 73.3 Å². The fraction of sp³-hybridized carbons (Fsp3) is 0.800. The normalized spacial score (nSPS) is 22.8. The quantitative estimate of drug-likeness (QED) is 0.694. The second-order valence-electron chi connectivity index (χ2n) is 7.76. The molecule has 2 saturated heterocycles. The van der Waals surface area contributed by atoms with Crippen molar-refractivity contribution in [3.05, 3.63) is 17.5 Å². The van der Waals surface area contributed by atoms with Crippen LogP contribution in [0, 0.1) is 5.92 Å². The first kappa shape index (κ1) is 20.3. The number of nitrogens with zero attached hydrogens (tertiary/aromatic N) is 3. The molecule has 0 unspecified atom stereocenters. The van der Waals surface area contributed by atoms with Crippen molar-refractivity contribution in [2.45, 2.75) is 51.6 Å². The molecule has 152 valence electrons. The van der Waals surface area contributed by atoms with Crippen LogP contribution in [0.5, 0.6) is 0 Å². The lowest BCUT2D eigenvalue weighted by molar-refractivity contribution is -0.127. The molecule has 0 bridgehead atoms. The van der Waals surface area contributed by atoms with Crippen molar-refractivity contribution < 1.29 is 14.1 Å². The van der Waals surface area contributed by atoms with Crippen LogP contribution in [0.3, 0.4) is 0 Å². The summed E-state index contributed by atoms with van der Waals surface area (Å²) in [6.45, 7) is 8.29. The minimum absolute atomic E-state index is 0.121. The molecule has 7 nitrogen and oxygen atoms in total. The topological polar surface area (TPSA) is 70.8 Å². The Morgan fingerprint density at radius 1 is 1.33 bits per heavy atom. The number of carbonyl (C=O) groups excluding carboxylic acids is 1. The summed E-state index contributed by atoms with van der Waals surface area (Å²) in [6, 6.07) is 2.67. The van der Waals surface area contributed by atoms with E-state index >= 15 is 0 Å². The predicted octanol–water partition coefficient (Wildman–Crippen LogP) is 1.68. The second-order valence-corrected chi connectivity index (χ2v) is 7.76. The zero-order chi connectivity index (χ0) is 19.1. The Labute approximate surface area is 162 Å². The van der Waals surface area contributed by atoms with E-state index in [0.717, 1.165) is 76.3 Å². The third-order valence-electron chi connectivity index (χ3n) is 5.85. The van der Waals surface area contributed by atoms with Gasteiger partial charge >= 0.3 is 0 Å². The Hall–Kier alpha value is -1.44. The van der Waals surface area contributed by atoms with Crippen LogP contribution in [0.15, 0.2) is 10.6 Å². The van der Waals surface area contributed by atoms with Crippen LogP contribution in [0.1, 0.15) is 44.1 Å². The number of methoxy groups -OCH3 is 1. The highest BCUT2D eigenvalue weighted by molar-refractivity contribution is 5.78. The Bertz CT molecular complexity index is 584. The summed E-state index contributed by atoms with van der Waals surface area (Å²) >= 11 is 0. The first-order valence-corrected chi connectivity index (χ1v) is 10.4. The molecular formula is C20H34N4O3. The van der Waals surface area contributed by atoms with Gasteiger partial charge < -0.3 is 14.6 Å². The highest BCUT2D eigenvalue weighted by Gasteiger charge is 2.31. The van der Waals surface area contributed by atoms with E-state index in [2.05, 4.69) is 33.3 Å². The number of carbonyl (C=O) groups is 1. The summed E-state index contributed by atoms with van der Waals surface area (Å²) in [5.74, 6) is 1.28. The van der Waals surface area contributed by atoms with Gasteiger partial charge in [0.05, 0.1) is 24.8 Å². The zero-order valence-corrected chi connectivity index (χ0v) is 16.8. The van der Waals surface area contributed by atoms with Gasteiger partial charge in [0.25, 0.3) is 0 Å². The van der Waals surface area contributed by atoms with Gasteiger partial charge in [-0.05, 0) is 38.6 Å². The van der Waals surface area contributed by atoms with Crippen molar-refractivity contribution in [2.75, 3.05) is 46.4 Å². The molecule has 2 aliphatic rings. The maximum Gasteiger partial charge on any atom is 0.224 e. The second kappa shape index (κ2) is 10.2. The minimum atomic E-state index is 0.121. The van der Waals surface area contributed by atoms with E-state index in [4.69, 9.17) is 9.26 Å². The molecule has 27 heavy (non-hydrogen) atoms. The van der Waals surface area contributed by atoms with Gasteiger partial charge in [-0.25, -0.2) is 0 Å². The van der Waals surface area contributed by atoms with Crippen LogP contribution < -0.4 is 5.32 Å². The molecule has 3 heterocycles. The van der Waals surface area contributed by atoms with Gasteiger partial charge in [-0.2, -0.15) is 0 Å². The fourth-order valence-corrected chi connectivity index (χ4v) is 4.23. The molecule has 1 aromatic rings. The van der Waals surface area contributed by atoms with E-state index in [1.165, 1.54) is 0 Å². The average Bonchev–Trinajstić information content (AvgIpc) is 3.16. The molecule has 0 aliphatic carbocycles. The zero-order valence-electron chi connectivity index (χ0n) is 16.8. The molecule has 0 spiro atoms. The van der Waals surface area contributed by atoms with Gasteiger partial charge in [0, 0.05) is 45.4 Å². The summed E-state index contributed by atoms with van der Waals surface area (Å²) in [6.07, 6.45) is 5.35. The summed E-state index contributed by atoms with van der Waals surface area (Å²) in [5, 5.41) is 7.09. The first-order chi connectivity index (χ1) is 13.2. The van der Waals surface area contributed by atoms with Crippen LogP contribution in [0.2, 0.25) is 0 Å². The molecule has 1 aromatic heterocycles. The van der Waals surface area contributed by atoms with Gasteiger partial charge in [-0.1, -0.05) is 12.1 Å². The molecule has 1 amide bonds. The standard InChI is InChI=1S/C20H34N4O3/c1-3-17-13-19(27-22-17)15-23-10-6-18(7-11-23)24-9-4-5-16(14-24)20(25)21-8-12-26-2/h13,16,18H,3-12,14-15H2,1-2H3,(H,21,25)/t16-/m1/s1. The lowest BCUT2D eigenvalue weighted by Gasteiger charge is -2.41. The van der Waals surface area contributed by atoms with Crippen molar-refractivity contribution >= 4 is 5.91 Å². The van der Waals surface area contributed by atoms with Crippen molar-refractivity contribution in [1.82, 2.24) is 20.3 Å². The molecule has 1 atom stereocenters. The molecule has 2 aliphatic heterocycles. The lowest BCUT2D eigenvalue weighted by Crippen LogP contribution is -2.50. The summed E-state index contributed by atoms with van der Waals surface area (Å²) in [4.78, 5) is 17.4. The van der Waals surface area contributed by atoms with E-state index in [1.54, 1.807) is 7.11 Å². The van der Waals surface area contributed by atoms with E-state index < -0.39 is 0 Å². The van der Waals surface area contributed by atoms with Crippen LogP contribution in [0.4, 0.5) is 0 Å². The molecule has 0 aromatic carbocycles. The van der Waals surface area contributed by atoms with Crippen LogP contribution in [-0.2, 0) is 22.5 Å². The summed E-state index contributed by atoms with van der Waals surface area (Å²) in [7, 11) is 1.66. The summed E-state index contributed by atoms with van der Waals surface area (Å²) < 4.78 is 10.4. The third-order valence-corrected chi connectivity index (χ3v) is 5.85. The number of amides is 1. The molecule has 0 radical (unpaired) electrons. The average molecular weight is 379 g/mol. The number of hydrogen-bond acceptors (Lipinski definition) is 6. The molecule has 7 heteroatoms. The first-order valence-electron chi connectivity index (χ1n) is 10.4. The van der Waals surface area contributed by atoms with Crippen molar-refractivity contribution in [3.63, 3.8) is 0 Å². The number of nitrogens with one attached hydrogen (secondary N) is 1. The van der Waals surface area contributed by atoms with Gasteiger partial charge in [-0.15, -0.1) is 0 Å². The molecule has 0 saturated carbocycles. The molecule has 3 rings (SSSR count). The number of likely N-dealkylation sites (tertiary alicyclic amines) is 2. The van der Waals surface area contributed by atoms with Crippen LogP contribution >= 0.6 is 0 Å². The number of hydrogen-bond donors (Lipinski definition) is 1. The number of aromatic nitrogens is 1. The van der Waals surface area contributed by atoms with Gasteiger partial charge in [-0.3, -0.25) is 14.6 Å². The van der Waals surface area contributed by atoms with E-state index in [0.29, 0.717) is 19.2 Å². The smallest absolute Gasteiger partial charge is 0.224 e. The molecular weight excluding hydrogens is 344 g/mol. The highest BCUT2D eigenvalue weighted by Crippen LogP contribution is 2.24. The van der Waals surface area contributed by atoms with Gasteiger partial charge in [0.2, 0.25) is 5.91 Å². The fourth-order valence-electron chi connectivity index (χ4n) is 4.23. The Balaban J connectivity index is 1.42. The third kappa shape index (κ3) is 5.77. The Kier molecular flexibility index (Phi) is 7.67. The number of piperidine rings is 2. The maximum absolute atomic E-state index is 12.4. The molecule has 1 N–H and O–H groups in total. The van der Waals surface area contributed by atoms with Crippen molar-refractivity contribution in [3.8, 4) is 0 Å². The monoisotopic (exact) mass is 378 g/mol. The summed E-state index contributed by atoms with van der Waals surface area (Å²) in [5.41, 5.74) is 1.03. The van der Waals surface area contributed by atoms with E-state index in [1.807, 2.05) is 0 Å². The molecule has 2 fully saturated rings. The van der Waals surface area contributed by atoms with Crippen LogP contribution in [0.25, 0.3) is 0 Å². The van der Waals surface area contributed by atoms with Crippen molar-refractivity contribution in [2.24, 2.45) is 5.92 Å². The van der Waals surface area contributed by atoms with Gasteiger partial charge in [0.15, 0.2) is 5.76 Å². The van der Waals surface area contributed by atoms with E-state index in [9.17, 15) is 4.79 Å². The predicted molar refractivity (Wildman–Crippen MR) is 103 cm³/mol. The number of rotatable bonds is 8. The van der Waals surface area contributed by atoms with E-state index in [-0.39, 0.29) is 11.8 Å². The lowest BCUT2D eigenvalue weighted by atomic mass is 9.93. The van der Waals surface area contributed by atoms with Crippen molar-refractivity contribution in [1.29, 1.82) is 0 Å². The maximum atomic E-state index is 12.4. The largest absolute Gasteiger partial charge is 0.383 e. The number of aryl methyl sites for hydroxylation is 1. The van der Waals surface area contributed by atoms with Gasteiger partial charge in [0.1, 0.15) is 0 Å². The Morgan fingerprint density at radius 3 is 2.85 bits per heavy atom. The Morgan fingerprint density at radius 2 is 2.15 bits per heavy atom.